The molecule has 1 unspecified atom stereocenters. The molecule has 0 saturated carbocycles. The lowest BCUT2D eigenvalue weighted by molar-refractivity contribution is 0.642. The van der Waals surface area contributed by atoms with Crippen molar-refractivity contribution >= 4 is 6.08 Å². The third-order valence-electron chi connectivity index (χ3n) is 2.15. The van der Waals surface area contributed by atoms with Crippen molar-refractivity contribution in [2.75, 3.05) is 0 Å². The molecule has 1 aliphatic rings. The fourth-order valence-corrected chi connectivity index (χ4v) is 1.49. The first-order chi connectivity index (χ1) is 6.20. The van der Waals surface area contributed by atoms with Gasteiger partial charge >= 0.3 is 0 Å². The smallest absolute Gasteiger partial charge is 0.0575 e. The highest BCUT2D eigenvalue weighted by atomic mass is 14.7. The van der Waals surface area contributed by atoms with Crippen LogP contribution in [0.15, 0.2) is 30.3 Å². The van der Waals surface area contributed by atoms with Gasteiger partial charge in [-0.05, 0) is 18.1 Å². The number of benzene rings is 1. The number of rotatable bonds is 0. The van der Waals surface area contributed by atoms with Crippen LogP contribution in [0, 0.1) is 0 Å². The van der Waals surface area contributed by atoms with Crippen molar-refractivity contribution in [3.8, 4) is 0 Å². The Morgan fingerprint density at radius 2 is 1.77 bits per heavy atom. The molecule has 0 bridgehead atoms. The summed E-state index contributed by atoms with van der Waals surface area (Å²) in [6, 6.07) is 8.22. The first kappa shape index (κ1) is 10.0. The Morgan fingerprint density at radius 3 is 2.38 bits per heavy atom. The molecule has 0 heterocycles. The molecule has 1 heteroatoms. The Labute approximate surface area is 80.3 Å². The zero-order chi connectivity index (χ0) is 9.90. The van der Waals surface area contributed by atoms with E-state index in [4.69, 9.17) is 5.73 Å². The van der Waals surface area contributed by atoms with E-state index >= 15 is 0 Å². The Hall–Kier alpha value is -1.08. The van der Waals surface area contributed by atoms with Crippen LogP contribution in [-0.4, -0.2) is 0 Å². The maximum absolute atomic E-state index is 6.00. The highest BCUT2D eigenvalue weighted by Crippen LogP contribution is 2.30. The first-order valence-electron chi connectivity index (χ1n) is 4.78. The van der Waals surface area contributed by atoms with Gasteiger partial charge in [0.05, 0.1) is 5.54 Å². The van der Waals surface area contributed by atoms with Crippen LogP contribution in [-0.2, 0) is 5.54 Å². The third kappa shape index (κ3) is 1.81. The lowest BCUT2D eigenvalue weighted by Crippen LogP contribution is -2.28. The molecule has 1 aliphatic carbocycles. The fourth-order valence-electron chi connectivity index (χ4n) is 1.49. The second-order valence-corrected chi connectivity index (χ2v) is 3.20. The van der Waals surface area contributed by atoms with E-state index in [1.54, 1.807) is 0 Å². The minimum atomic E-state index is -0.253. The van der Waals surface area contributed by atoms with Gasteiger partial charge in [0.1, 0.15) is 0 Å². The van der Waals surface area contributed by atoms with Gasteiger partial charge in [-0.25, -0.2) is 0 Å². The highest BCUT2D eigenvalue weighted by Gasteiger charge is 2.23. The lowest BCUT2D eigenvalue weighted by atomic mass is 9.96. The van der Waals surface area contributed by atoms with E-state index < -0.39 is 0 Å². The van der Waals surface area contributed by atoms with E-state index in [2.05, 4.69) is 18.2 Å². The molecule has 0 saturated heterocycles. The summed E-state index contributed by atoms with van der Waals surface area (Å²) in [5.74, 6) is 0. The van der Waals surface area contributed by atoms with Gasteiger partial charge in [0, 0.05) is 0 Å². The van der Waals surface area contributed by atoms with E-state index in [0.29, 0.717) is 0 Å². The average Bonchev–Trinajstić information content (AvgIpc) is 2.47. The SMILES string of the molecule is CC.CC1(N)C=Cc2ccccc21. The second kappa shape index (κ2) is 3.75. The summed E-state index contributed by atoms with van der Waals surface area (Å²) in [5.41, 5.74) is 8.22. The van der Waals surface area contributed by atoms with Crippen LogP contribution in [0.4, 0.5) is 0 Å². The lowest BCUT2D eigenvalue weighted by Gasteiger charge is -2.17. The standard InChI is InChI=1S/C10H11N.C2H6/c1-10(11)7-6-8-4-2-3-5-9(8)10;1-2/h2-7H,11H2,1H3;1-2H3. The van der Waals surface area contributed by atoms with Crippen molar-refractivity contribution in [3.63, 3.8) is 0 Å². The van der Waals surface area contributed by atoms with E-state index in [9.17, 15) is 0 Å². The second-order valence-electron chi connectivity index (χ2n) is 3.20. The molecule has 0 fully saturated rings. The maximum atomic E-state index is 6.00. The van der Waals surface area contributed by atoms with Gasteiger partial charge < -0.3 is 5.73 Å². The van der Waals surface area contributed by atoms with Crippen LogP contribution in [0.25, 0.3) is 6.08 Å². The Balaban J connectivity index is 0.000000396. The number of fused-ring (bicyclic) bond motifs is 1. The molecular formula is C12H17N. The molecule has 0 spiro atoms. The zero-order valence-electron chi connectivity index (χ0n) is 8.54. The fraction of sp³-hybridized carbons (Fsp3) is 0.333. The molecule has 1 aromatic rings. The van der Waals surface area contributed by atoms with Gasteiger partial charge in [0.15, 0.2) is 0 Å². The summed E-state index contributed by atoms with van der Waals surface area (Å²) in [4.78, 5) is 0. The van der Waals surface area contributed by atoms with E-state index in [0.717, 1.165) is 0 Å². The Kier molecular flexibility index (Phi) is 2.89. The minimum absolute atomic E-state index is 0.253. The molecule has 0 aromatic heterocycles. The monoisotopic (exact) mass is 175 g/mol. The number of hydrogen-bond donors (Lipinski definition) is 1. The van der Waals surface area contributed by atoms with Crippen LogP contribution in [0.1, 0.15) is 31.9 Å². The summed E-state index contributed by atoms with van der Waals surface area (Å²) in [5, 5.41) is 0. The van der Waals surface area contributed by atoms with Crippen LogP contribution in [0.3, 0.4) is 0 Å². The van der Waals surface area contributed by atoms with Gasteiger partial charge in [-0.15, -0.1) is 0 Å². The highest BCUT2D eigenvalue weighted by molar-refractivity contribution is 5.64. The van der Waals surface area contributed by atoms with Gasteiger partial charge in [0.2, 0.25) is 0 Å². The van der Waals surface area contributed by atoms with E-state index in [1.807, 2.05) is 39.0 Å². The van der Waals surface area contributed by atoms with Gasteiger partial charge in [-0.1, -0.05) is 50.3 Å². The van der Waals surface area contributed by atoms with Gasteiger partial charge in [0.25, 0.3) is 0 Å². The van der Waals surface area contributed by atoms with Gasteiger partial charge in [-0.2, -0.15) is 0 Å². The molecule has 70 valence electrons. The van der Waals surface area contributed by atoms with E-state index in [-0.39, 0.29) is 5.54 Å². The Morgan fingerprint density at radius 1 is 1.15 bits per heavy atom. The molecule has 1 atom stereocenters. The number of nitrogens with two attached hydrogens (primary N) is 1. The van der Waals surface area contributed by atoms with Crippen molar-refractivity contribution in [1.82, 2.24) is 0 Å². The summed E-state index contributed by atoms with van der Waals surface area (Å²) in [7, 11) is 0. The molecule has 0 amide bonds. The van der Waals surface area contributed by atoms with Crippen molar-refractivity contribution in [3.05, 3.63) is 41.5 Å². The summed E-state index contributed by atoms with van der Waals surface area (Å²) in [6.07, 6.45) is 4.12. The molecule has 13 heavy (non-hydrogen) atoms. The van der Waals surface area contributed by atoms with Crippen LogP contribution in [0.2, 0.25) is 0 Å². The van der Waals surface area contributed by atoms with Crippen molar-refractivity contribution < 1.29 is 0 Å². The quantitative estimate of drug-likeness (QED) is 0.644. The molecular weight excluding hydrogens is 158 g/mol. The van der Waals surface area contributed by atoms with Gasteiger partial charge in [-0.3, -0.25) is 0 Å². The average molecular weight is 175 g/mol. The number of hydrogen-bond acceptors (Lipinski definition) is 1. The minimum Gasteiger partial charge on any atom is -0.318 e. The molecule has 1 aromatic carbocycles. The predicted octanol–water partition coefficient (Wildman–Crippen LogP) is 2.91. The van der Waals surface area contributed by atoms with Crippen LogP contribution in [0.5, 0.6) is 0 Å². The first-order valence-corrected chi connectivity index (χ1v) is 4.78. The molecule has 2 N–H and O–H groups in total. The topological polar surface area (TPSA) is 26.0 Å². The van der Waals surface area contributed by atoms with Crippen molar-refractivity contribution in [2.24, 2.45) is 5.73 Å². The largest absolute Gasteiger partial charge is 0.318 e. The summed E-state index contributed by atoms with van der Waals surface area (Å²) < 4.78 is 0. The van der Waals surface area contributed by atoms with Crippen LogP contribution < -0.4 is 5.73 Å². The molecule has 2 rings (SSSR count). The molecule has 0 aliphatic heterocycles. The maximum Gasteiger partial charge on any atom is 0.0575 e. The summed E-state index contributed by atoms with van der Waals surface area (Å²) in [6.45, 7) is 6.02. The van der Waals surface area contributed by atoms with Crippen LogP contribution >= 0.6 is 0 Å². The zero-order valence-corrected chi connectivity index (χ0v) is 8.54. The molecule has 0 radical (unpaired) electrons. The van der Waals surface area contributed by atoms with Crippen molar-refractivity contribution in [2.45, 2.75) is 26.3 Å². The normalized spacial score (nSPS) is 23.4. The predicted molar refractivity (Wildman–Crippen MR) is 58.4 cm³/mol. The Bertz CT molecular complexity index is 311. The molecule has 1 nitrogen and oxygen atoms in total. The van der Waals surface area contributed by atoms with E-state index in [1.165, 1.54) is 11.1 Å². The summed E-state index contributed by atoms with van der Waals surface area (Å²) >= 11 is 0. The third-order valence-corrected chi connectivity index (χ3v) is 2.15. The van der Waals surface area contributed by atoms with Crippen molar-refractivity contribution in [1.29, 1.82) is 0 Å².